The van der Waals surface area contributed by atoms with Crippen LogP contribution in [0.2, 0.25) is 0 Å². The van der Waals surface area contributed by atoms with Crippen molar-refractivity contribution < 1.29 is 0 Å². The van der Waals surface area contributed by atoms with Crippen LogP contribution in [0.3, 0.4) is 0 Å². The standard InChI is InChI=1S/C17H22N2/c1-11-7-5-9-15(13(11)3)17(19-18)16-10-6-8-12(2)14(16)4/h5-10,17,19H,18H2,1-4H3. The van der Waals surface area contributed by atoms with Crippen molar-refractivity contribution in [3.8, 4) is 0 Å². The van der Waals surface area contributed by atoms with E-state index in [1.54, 1.807) is 0 Å². The molecule has 100 valence electrons. The number of aryl methyl sites for hydroxylation is 2. The minimum Gasteiger partial charge on any atom is -0.271 e. The van der Waals surface area contributed by atoms with E-state index in [2.05, 4.69) is 69.5 Å². The van der Waals surface area contributed by atoms with Crippen LogP contribution in [0.4, 0.5) is 0 Å². The fourth-order valence-corrected chi connectivity index (χ4v) is 2.52. The molecule has 0 aliphatic heterocycles. The Morgan fingerprint density at radius 1 is 0.789 bits per heavy atom. The van der Waals surface area contributed by atoms with Crippen molar-refractivity contribution in [3.05, 3.63) is 69.8 Å². The zero-order chi connectivity index (χ0) is 14.0. The fraction of sp³-hybridized carbons (Fsp3) is 0.294. The van der Waals surface area contributed by atoms with Crippen molar-refractivity contribution >= 4 is 0 Å². The molecule has 0 radical (unpaired) electrons. The summed E-state index contributed by atoms with van der Waals surface area (Å²) in [6.07, 6.45) is 0. The van der Waals surface area contributed by atoms with Crippen molar-refractivity contribution in [1.29, 1.82) is 0 Å². The molecule has 0 spiro atoms. The van der Waals surface area contributed by atoms with E-state index in [0.717, 1.165) is 0 Å². The van der Waals surface area contributed by atoms with Gasteiger partial charge in [-0.2, -0.15) is 0 Å². The summed E-state index contributed by atoms with van der Waals surface area (Å²) in [5.41, 5.74) is 10.6. The van der Waals surface area contributed by atoms with Gasteiger partial charge in [-0.1, -0.05) is 36.4 Å². The maximum atomic E-state index is 5.82. The summed E-state index contributed by atoms with van der Waals surface area (Å²) >= 11 is 0. The van der Waals surface area contributed by atoms with Gasteiger partial charge in [-0.25, -0.2) is 5.43 Å². The molecule has 2 nitrogen and oxygen atoms in total. The Balaban J connectivity index is 2.57. The molecule has 0 amide bonds. The zero-order valence-electron chi connectivity index (χ0n) is 12.1. The van der Waals surface area contributed by atoms with Crippen LogP contribution >= 0.6 is 0 Å². The summed E-state index contributed by atoms with van der Waals surface area (Å²) in [6.45, 7) is 8.57. The third-order valence-corrected chi connectivity index (χ3v) is 4.08. The molecule has 0 unspecified atom stereocenters. The Kier molecular flexibility index (Phi) is 4.03. The van der Waals surface area contributed by atoms with E-state index in [0.29, 0.717) is 0 Å². The van der Waals surface area contributed by atoms with Crippen LogP contribution in [0.15, 0.2) is 36.4 Å². The van der Waals surface area contributed by atoms with Gasteiger partial charge in [-0.05, 0) is 61.1 Å². The van der Waals surface area contributed by atoms with Gasteiger partial charge in [0.05, 0.1) is 6.04 Å². The largest absolute Gasteiger partial charge is 0.271 e. The highest BCUT2D eigenvalue weighted by Gasteiger charge is 2.17. The third-order valence-electron chi connectivity index (χ3n) is 4.08. The number of hydrazine groups is 1. The van der Waals surface area contributed by atoms with Gasteiger partial charge >= 0.3 is 0 Å². The number of rotatable bonds is 3. The van der Waals surface area contributed by atoms with Crippen LogP contribution in [-0.2, 0) is 0 Å². The predicted molar refractivity (Wildman–Crippen MR) is 81.0 cm³/mol. The predicted octanol–water partition coefficient (Wildman–Crippen LogP) is 3.47. The summed E-state index contributed by atoms with van der Waals surface area (Å²) in [5, 5.41) is 0. The van der Waals surface area contributed by atoms with Gasteiger partial charge in [0, 0.05) is 0 Å². The highest BCUT2D eigenvalue weighted by atomic mass is 15.2. The van der Waals surface area contributed by atoms with Crippen LogP contribution in [-0.4, -0.2) is 0 Å². The molecule has 0 aliphatic carbocycles. The van der Waals surface area contributed by atoms with Gasteiger partial charge in [-0.3, -0.25) is 5.84 Å². The molecule has 0 saturated heterocycles. The van der Waals surface area contributed by atoms with Crippen molar-refractivity contribution in [3.63, 3.8) is 0 Å². The maximum absolute atomic E-state index is 5.82. The summed E-state index contributed by atoms with van der Waals surface area (Å²) in [7, 11) is 0. The first-order chi connectivity index (χ1) is 9.06. The summed E-state index contributed by atoms with van der Waals surface area (Å²) in [6, 6.07) is 12.8. The van der Waals surface area contributed by atoms with Crippen LogP contribution < -0.4 is 11.3 Å². The van der Waals surface area contributed by atoms with Crippen LogP contribution in [0.5, 0.6) is 0 Å². The van der Waals surface area contributed by atoms with Gasteiger partial charge in [0.25, 0.3) is 0 Å². The molecule has 3 N–H and O–H groups in total. The molecule has 2 aromatic carbocycles. The Labute approximate surface area is 115 Å². The molecule has 0 saturated carbocycles. The molecule has 0 heterocycles. The summed E-state index contributed by atoms with van der Waals surface area (Å²) in [5.74, 6) is 5.82. The van der Waals surface area contributed by atoms with Crippen molar-refractivity contribution in [1.82, 2.24) is 5.43 Å². The highest BCUT2D eigenvalue weighted by Crippen LogP contribution is 2.29. The first-order valence-corrected chi connectivity index (χ1v) is 6.64. The van der Waals surface area contributed by atoms with Gasteiger partial charge in [0.2, 0.25) is 0 Å². The number of nitrogens with one attached hydrogen (secondary N) is 1. The van der Waals surface area contributed by atoms with E-state index < -0.39 is 0 Å². The maximum Gasteiger partial charge on any atom is 0.0715 e. The van der Waals surface area contributed by atoms with Crippen LogP contribution in [0, 0.1) is 27.7 Å². The van der Waals surface area contributed by atoms with E-state index in [9.17, 15) is 0 Å². The molecule has 19 heavy (non-hydrogen) atoms. The second kappa shape index (κ2) is 5.55. The summed E-state index contributed by atoms with van der Waals surface area (Å²) < 4.78 is 0. The number of hydrogen-bond acceptors (Lipinski definition) is 2. The lowest BCUT2D eigenvalue weighted by Crippen LogP contribution is -2.30. The van der Waals surface area contributed by atoms with E-state index in [-0.39, 0.29) is 6.04 Å². The highest BCUT2D eigenvalue weighted by molar-refractivity contribution is 5.44. The lowest BCUT2D eigenvalue weighted by Gasteiger charge is -2.22. The molecule has 0 atom stereocenters. The molecule has 2 heteroatoms. The number of hydrogen-bond donors (Lipinski definition) is 2. The second-order valence-corrected chi connectivity index (χ2v) is 5.18. The number of benzene rings is 2. The fourth-order valence-electron chi connectivity index (χ4n) is 2.52. The van der Waals surface area contributed by atoms with Gasteiger partial charge in [0.1, 0.15) is 0 Å². The summed E-state index contributed by atoms with van der Waals surface area (Å²) in [4.78, 5) is 0. The molecule has 2 aromatic rings. The minimum absolute atomic E-state index is 0.0415. The first kappa shape index (κ1) is 13.8. The van der Waals surface area contributed by atoms with Gasteiger partial charge < -0.3 is 0 Å². The average molecular weight is 254 g/mol. The van der Waals surface area contributed by atoms with Crippen molar-refractivity contribution in [2.75, 3.05) is 0 Å². The van der Waals surface area contributed by atoms with Crippen LogP contribution in [0.1, 0.15) is 39.4 Å². The lowest BCUT2D eigenvalue weighted by molar-refractivity contribution is 0.629. The molecule has 0 aliphatic rings. The van der Waals surface area contributed by atoms with Crippen molar-refractivity contribution in [2.24, 2.45) is 5.84 Å². The molecule has 0 aromatic heterocycles. The monoisotopic (exact) mass is 254 g/mol. The quantitative estimate of drug-likeness (QED) is 0.650. The van der Waals surface area contributed by atoms with Crippen LogP contribution in [0.25, 0.3) is 0 Å². The van der Waals surface area contributed by atoms with Gasteiger partial charge in [0.15, 0.2) is 0 Å². The Hall–Kier alpha value is -1.64. The Bertz CT molecular complexity index is 536. The van der Waals surface area contributed by atoms with E-state index >= 15 is 0 Å². The average Bonchev–Trinajstić information content (AvgIpc) is 2.40. The molecule has 0 bridgehead atoms. The molecule has 0 fully saturated rings. The Morgan fingerprint density at radius 3 is 1.58 bits per heavy atom. The third kappa shape index (κ3) is 2.55. The molecule has 2 rings (SSSR count). The topological polar surface area (TPSA) is 38.0 Å². The Morgan fingerprint density at radius 2 is 1.21 bits per heavy atom. The molecular formula is C17H22N2. The first-order valence-electron chi connectivity index (χ1n) is 6.64. The van der Waals surface area contributed by atoms with Crippen molar-refractivity contribution in [2.45, 2.75) is 33.7 Å². The minimum atomic E-state index is 0.0415. The normalized spacial score (nSPS) is 11.1. The van der Waals surface area contributed by atoms with E-state index in [1.807, 2.05) is 0 Å². The SMILES string of the molecule is Cc1cccc(C(NN)c2cccc(C)c2C)c1C. The van der Waals surface area contributed by atoms with Gasteiger partial charge in [-0.15, -0.1) is 0 Å². The molecular weight excluding hydrogens is 232 g/mol. The van der Waals surface area contributed by atoms with E-state index in [1.165, 1.54) is 33.4 Å². The lowest BCUT2D eigenvalue weighted by atomic mass is 9.89. The van der Waals surface area contributed by atoms with E-state index in [4.69, 9.17) is 5.84 Å². The smallest absolute Gasteiger partial charge is 0.0715 e. The number of nitrogens with two attached hydrogens (primary N) is 1. The zero-order valence-corrected chi connectivity index (χ0v) is 12.1. The second-order valence-electron chi connectivity index (χ2n) is 5.18.